The summed E-state index contributed by atoms with van der Waals surface area (Å²) < 4.78 is 24.7. The third kappa shape index (κ3) is 7.35. The van der Waals surface area contributed by atoms with Crippen molar-refractivity contribution in [2.75, 3.05) is 33.0 Å². The summed E-state index contributed by atoms with van der Waals surface area (Å²) in [6.07, 6.45) is -1.55. The van der Waals surface area contributed by atoms with E-state index < -0.39 is 54.0 Å². The van der Waals surface area contributed by atoms with Crippen LogP contribution >= 0.6 is 0 Å². The highest BCUT2D eigenvalue weighted by atomic mass is 16.6. The molecule has 0 saturated heterocycles. The lowest BCUT2D eigenvalue weighted by atomic mass is 9.70. The van der Waals surface area contributed by atoms with E-state index in [9.17, 15) is 24.0 Å². The highest BCUT2D eigenvalue weighted by Crippen LogP contribution is 2.39. The van der Waals surface area contributed by atoms with Gasteiger partial charge >= 0.3 is 29.8 Å². The fourth-order valence-corrected chi connectivity index (χ4v) is 2.68. The van der Waals surface area contributed by atoms with E-state index in [2.05, 4.69) is 0 Å². The van der Waals surface area contributed by atoms with Crippen LogP contribution in [0.5, 0.6) is 0 Å². The SMILES string of the molecule is CCOC(=O)CC(C(=O)OCC)C(CC(=O)OCC)(C(=O)OCC)C(=O)OCC. The largest absolute Gasteiger partial charge is 0.466 e. The lowest BCUT2D eigenvalue weighted by molar-refractivity contribution is -0.189. The van der Waals surface area contributed by atoms with Gasteiger partial charge in [-0.15, -0.1) is 0 Å². The van der Waals surface area contributed by atoms with Crippen LogP contribution in [0.4, 0.5) is 0 Å². The van der Waals surface area contributed by atoms with Gasteiger partial charge < -0.3 is 23.7 Å². The quantitative estimate of drug-likeness (QED) is 0.244. The molecule has 0 N–H and O–H groups in total. The van der Waals surface area contributed by atoms with Crippen molar-refractivity contribution in [3.63, 3.8) is 0 Å². The first kappa shape index (κ1) is 26.4. The first-order valence-electron chi connectivity index (χ1n) is 9.57. The van der Waals surface area contributed by atoms with Gasteiger partial charge in [0, 0.05) is 0 Å². The van der Waals surface area contributed by atoms with Crippen molar-refractivity contribution in [3.05, 3.63) is 0 Å². The Labute approximate surface area is 170 Å². The van der Waals surface area contributed by atoms with E-state index in [1.807, 2.05) is 0 Å². The highest BCUT2D eigenvalue weighted by molar-refractivity contribution is 6.07. The zero-order valence-corrected chi connectivity index (χ0v) is 17.6. The van der Waals surface area contributed by atoms with Crippen molar-refractivity contribution in [1.82, 2.24) is 0 Å². The molecule has 0 fully saturated rings. The molecule has 166 valence electrons. The first-order chi connectivity index (χ1) is 13.7. The first-order valence-corrected chi connectivity index (χ1v) is 9.57. The Morgan fingerprint density at radius 1 is 0.621 bits per heavy atom. The van der Waals surface area contributed by atoms with Gasteiger partial charge in [-0.05, 0) is 34.6 Å². The van der Waals surface area contributed by atoms with Crippen molar-refractivity contribution in [1.29, 1.82) is 0 Å². The van der Waals surface area contributed by atoms with Crippen molar-refractivity contribution >= 4 is 29.8 Å². The molecule has 10 nitrogen and oxygen atoms in total. The molecule has 0 aliphatic heterocycles. The van der Waals surface area contributed by atoms with E-state index in [-0.39, 0.29) is 33.0 Å². The van der Waals surface area contributed by atoms with Crippen molar-refractivity contribution < 1.29 is 47.7 Å². The van der Waals surface area contributed by atoms with Gasteiger partial charge in [0.25, 0.3) is 0 Å². The number of ether oxygens (including phenoxy) is 5. The Bertz CT molecular complexity index is 566. The number of carbonyl (C=O) groups is 5. The number of hydrogen-bond acceptors (Lipinski definition) is 10. The Hall–Kier alpha value is -2.65. The van der Waals surface area contributed by atoms with Gasteiger partial charge in [0.05, 0.1) is 51.8 Å². The molecule has 0 aliphatic carbocycles. The van der Waals surface area contributed by atoms with Crippen LogP contribution in [-0.2, 0) is 47.7 Å². The minimum Gasteiger partial charge on any atom is -0.466 e. The monoisotopic (exact) mass is 418 g/mol. The second-order valence-electron chi connectivity index (χ2n) is 5.71. The van der Waals surface area contributed by atoms with Crippen LogP contribution in [0.25, 0.3) is 0 Å². The maximum absolute atomic E-state index is 12.9. The minimum absolute atomic E-state index is 0.0120. The molecule has 0 heterocycles. The smallest absolute Gasteiger partial charge is 0.325 e. The summed E-state index contributed by atoms with van der Waals surface area (Å²) in [5.41, 5.74) is -2.46. The average molecular weight is 418 g/mol. The second-order valence-corrected chi connectivity index (χ2v) is 5.71. The maximum atomic E-state index is 12.9. The average Bonchev–Trinajstić information content (AvgIpc) is 2.65. The van der Waals surface area contributed by atoms with Crippen LogP contribution in [0.15, 0.2) is 0 Å². The van der Waals surface area contributed by atoms with Gasteiger partial charge in [-0.25, -0.2) is 0 Å². The van der Waals surface area contributed by atoms with E-state index in [1.165, 1.54) is 27.7 Å². The number of hydrogen-bond donors (Lipinski definition) is 0. The van der Waals surface area contributed by atoms with Crippen molar-refractivity contribution in [2.45, 2.75) is 47.5 Å². The van der Waals surface area contributed by atoms with Gasteiger partial charge in [-0.3, -0.25) is 24.0 Å². The fraction of sp³-hybridized carbons (Fsp3) is 0.737. The van der Waals surface area contributed by atoms with E-state index in [1.54, 1.807) is 6.92 Å². The summed E-state index contributed by atoms with van der Waals surface area (Å²) >= 11 is 0. The molecule has 0 aromatic rings. The lowest BCUT2D eigenvalue weighted by Crippen LogP contribution is -2.53. The highest BCUT2D eigenvalue weighted by Gasteiger charge is 2.60. The molecule has 0 aromatic carbocycles. The molecule has 0 aliphatic rings. The van der Waals surface area contributed by atoms with Crippen molar-refractivity contribution in [2.24, 2.45) is 11.3 Å². The van der Waals surface area contributed by atoms with Crippen LogP contribution in [0.2, 0.25) is 0 Å². The summed E-state index contributed by atoms with van der Waals surface area (Å²) in [5, 5.41) is 0. The van der Waals surface area contributed by atoms with Gasteiger partial charge in [0.1, 0.15) is 0 Å². The molecule has 0 rings (SSSR count). The minimum atomic E-state index is -2.46. The molecule has 0 radical (unpaired) electrons. The molecule has 1 atom stereocenters. The lowest BCUT2D eigenvalue weighted by Gasteiger charge is -2.33. The molecule has 0 amide bonds. The maximum Gasteiger partial charge on any atom is 0.325 e. The molecule has 0 aromatic heterocycles. The number of esters is 5. The van der Waals surface area contributed by atoms with Crippen LogP contribution in [0.1, 0.15) is 47.5 Å². The van der Waals surface area contributed by atoms with Gasteiger partial charge in [0.15, 0.2) is 5.41 Å². The van der Waals surface area contributed by atoms with Crippen LogP contribution < -0.4 is 0 Å². The molecule has 0 saturated carbocycles. The topological polar surface area (TPSA) is 132 Å². The van der Waals surface area contributed by atoms with Gasteiger partial charge in [-0.1, -0.05) is 0 Å². The Morgan fingerprint density at radius 2 is 1.03 bits per heavy atom. The zero-order chi connectivity index (χ0) is 22.4. The third-order valence-corrected chi connectivity index (χ3v) is 3.85. The summed E-state index contributed by atoms with van der Waals surface area (Å²) in [7, 11) is 0. The normalized spacial score (nSPS) is 11.8. The Morgan fingerprint density at radius 3 is 1.45 bits per heavy atom. The van der Waals surface area contributed by atoms with Crippen molar-refractivity contribution in [3.8, 4) is 0 Å². The standard InChI is InChI=1S/C19H30O10/c1-6-25-14(20)11-13(16(22)27-8-3)19(17(23)28-9-4,18(24)29-10-5)12-15(21)26-7-2/h13H,6-12H2,1-5H3. The molecule has 0 spiro atoms. The summed E-state index contributed by atoms with van der Waals surface area (Å²) in [5.74, 6) is -6.91. The van der Waals surface area contributed by atoms with E-state index in [4.69, 9.17) is 23.7 Å². The van der Waals surface area contributed by atoms with E-state index >= 15 is 0 Å². The Kier molecular flexibility index (Phi) is 12.3. The Balaban J connectivity index is 6.55. The number of carbonyl (C=O) groups excluding carboxylic acids is 5. The molecule has 0 bridgehead atoms. The van der Waals surface area contributed by atoms with E-state index in [0.717, 1.165) is 0 Å². The molecule has 1 unspecified atom stereocenters. The van der Waals surface area contributed by atoms with Gasteiger partial charge in [0.2, 0.25) is 0 Å². The predicted molar refractivity (Wildman–Crippen MR) is 98.3 cm³/mol. The second kappa shape index (κ2) is 13.5. The summed E-state index contributed by atoms with van der Waals surface area (Å²) in [6.45, 7) is 7.21. The van der Waals surface area contributed by atoms with Crippen LogP contribution in [0.3, 0.4) is 0 Å². The summed E-state index contributed by atoms with van der Waals surface area (Å²) in [4.78, 5) is 62.9. The third-order valence-electron chi connectivity index (χ3n) is 3.85. The zero-order valence-electron chi connectivity index (χ0n) is 17.6. The molecular formula is C19H30O10. The molecule has 10 heteroatoms. The van der Waals surface area contributed by atoms with E-state index in [0.29, 0.717) is 0 Å². The predicted octanol–water partition coefficient (Wildman–Crippen LogP) is 1.18. The van der Waals surface area contributed by atoms with Crippen LogP contribution in [-0.4, -0.2) is 62.9 Å². The summed E-state index contributed by atoms with van der Waals surface area (Å²) in [6, 6.07) is 0. The van der Waals surface area contributed by atoms with Crippen LogP contribution in [0, 0.1) is 11.3 Å². The molecular weight excluding hydrogens is 388 g/mol. The van der Waals surface area contributed by atoms with Gasteiger partial charge in [-0.2, -0.15) is 0 Å². The fourth-order valence-electron chi connectivity index (χ4n) is 2.68. The number of rotatable bonds is 13. The molecule has 29 heavy (non-hydrogen) atoms.